The quantitative estimate of drug-likeness (QED) is 0.125. The van der Waals surface area contributed by atoms with Crippen molar-refractivity contribution < 1.29 is 0 Å². The Morgan fingerprint density at radius 2 is 0.688 bits per heavy atom. The SMILES string of the molecule is [C-]#[N+]c1ccc(-c2ccc3c(c2)c2cc(-c4ccc([N+]#[C-])cc4[N+]#[C-])ccc2n3-c2cc(-c3cc(-c4ccccc4)nc(-c4ccccc4)n3)ccc2-c2ccccc2-n2c3ccc(-c4ccc(C#N)cc4C#N)cc3c3cc(-c4ccc(C#N)cc4C#N)ccc32)c([N+]#[C-])c1. The number of rotatable bonds is 10. The summed E-state index contributed by atoms with van der Waals surface area (Å²) in [7, 11) is 0. The highest BCUT2D eigenvalue weighted by Crippen LogP contribution is 2.47. The third-order valence-electron chi connectivity index (χ3n) is 17.6. The molecule has 0 fully saturated rings. The van der Waals surface area contributed by atoms with E-state index in [4.69, 9.17) is 36.3 Å². The smallest absolute Gasteiger partial charge is 0.184 e. The molecule has 15 rings (SSSR count). The molecule has 15 aromatic rings. The van der Waals surface area contributed by atoms with Gasteiger partial charge < -0.3 is 9.13 Å². The minimum Gasteiger partial charge on any atom is -0.309 e. The molecule has 438 valence electrons. The lowest BCUT2D eigenvalue weighted by molar-refractivity contribution is 1.15. The number of benzene rings is 12. The molecule has 0 saturated carbocycles. The first-order valence-electron chi connectivity index (χ1n) is 30.3. The van der Waals surface area contributed by atoms with Gasteiger partial charge in [0.15, 0.2) is 28.6 Å². The van der Waals surface area contributed by atoms with Gasteiger partial charge in [-0.3, -0.25) is 0 Å². The zero-order chi connectivity index (χ0) is 65.6. The van der Waals surface area contributed by atoms with E-state index in [1.54, 1.807) is 60.7 Å². The molecule has 0 saturated heterocycles. The van der Waals surface area contributed by atoms with E-state index in [9.17, 15) is 21.0 Å². The Kier molecular flexibility index (Phi) is 14.3. The summed E-state index contributed by atoms with van der Waals surface area (Å²) < 4.78 is 4.51. The Hall–Kier alpha value is -14.8. The van der Waals surface area contributed by atoms with Crippen molar-refractivity contribution in [2.75, 3.05) is 0 Å². The molecule has 0 aliphatic carbocycles. The van der Waals surface area contributed by atoms with Crippen molar-refractivity contribution in [2.45, 2.75) is 0 Å². The normalized spacial score (nSPS) is 10.8. The maximum Gasteiger partial charge on any atom is 0.184 e. The van der Waals surface area contributed by atoms with Gasteiger partial charge in [0.25, 0.3) is 0 Å². The summed E-state index contributed by atoms with van der Waals surface area (Å²) in [6.45, 7) is 32.0. The van der Waals surface area contributed by atoms with Crippen LogP contribution in [0.5, 0.6) is 0 Å². The van der Waals surface area contributed by atoms with Crippen LogP contribution in [0, 0.1) is 71.6 Å². The van der Waals surface area contributed by atoms with E-state index in [0.29, 0.717) is 78.8 Å². The van der Waals surface area contributed by atoms with E-state index < -0.39 is 0 Å². The van der Waals surface area contributed by atoms with Gasteiger partial charge in [0.05, 0.1) is 118 Å². The summed E-state index contributed by atoms with van der Waals surface area (Å²) in [4.78, 5) is 25.6. The monoisotopic (exact) mass is 1220 g/mol. The van der Waals surface area contributed by atoms with Gasteiger partial charge in [-0.1, -0.05) is 164 Å². The number of aromatic nitrogens is 4. The van der Waals surface area contributed by atoms with Gasteiger partial charge >= 0.3 is 0 Å². The van der Waals surface area contributed by atoms with Gasteiger partial charge in [0, 0.05) is 49.4 Å². The number of nitrogens with zero attached hydrogens (tertiary/aromatic N) is 12. The Bertz CT molecular complexity index is 5870. The van der Waals surface area contributed by atoms with Gasteiger partial charge in [-0.25, -0.2) is 29.3 Å². The highest BCUT2D eigenvalue weighted by molar-refractivity contribution is 6.15. The maximum absolute atomic E-state index is 10.5. The molecular weight excluding hydrogens is 1180 g/mol. The van der Waals surface area contributed by atoms with Gasteiger partial charge in [-0.2, -0.15) is 21.0 Å². The molecule has 12 aromatic carbocycles. The maximum atomic E-state index is 10.5. The largest absolute Gasteiger partial charge is 0.309 e. The summed E-state index contributed by atoms with van der Waals surface area (Å²) in [5, 5.41) is 44.0. The zero-order valence-electron chi connectivity index (χ0n) is 50.6. The second kappa shape index (κ2) is 23.9. The summed E-state index contributed by atoms with van der Waals surface area (Å²) in [5.74, 6) is 0.551. The molecule has 3 heterocycles. The minimum absolute atomic E-state index is 0.343. The molecule has 0 N–H and O–H groups in total. The molecule has 0 spiro atoms. The molecule has 0 amide bonds. The van der Waals surface area contributed by atoms with Crippen LogP contribution in [-0.4, -0.2) is 19.1 Å². The molecule has 96 heavy (non-hydrogen) atoms. The van der Waals surface area contributed by atoms with Crippen LogP contribution in [-0.2, 0) is 0 Å². The highest BCUT2D eigenvalue weighted by Gasteiger charge is 2.25. The fourth-order valence-electron chi connectivity index (χ4n) is 13.1. The first-order chi connectivity index (χ1) is 47.2. The molecule has 12 heteroatoms. The van der Waals surface area contributed by atoms with Crippen molar-refractivity contribution in [1.82, 2.24) is 19.1 Å². The van der Waals surface area contributed by atoms with Crippen molar-refractivity contribution in [2.24, 2.45) is 0 Å². The topological polar surface area (TPSA) is 148 Å². The van der Waals surface area contributed by atoms with E-state index in [0.717, 1.165) is 111 Å². The lowest BCUT2D eigenvalue weighted by Crippen LogP contribution is -2.02. The first-order valence-corrected chi connectivity index (χ1v) is 30.3. The molecule has 0 radical (unpaired) electrons. The Morgan fingerprint density at radius 1 is 0.292 bits per heavy atom. The van der Waals surface area contributed by atoms with Crippen molar-refractivity contribution in [3.8, 4) is 125 Å². The molecule has 3 aromatic heterocycles. The highest BCUT2D eigenvalue weighted by atomic mass is 15.0. The van der Waals surface area contributed by atoms with Crippen LogP contribution in [0.3, 0.4) is 0 Å². The molecule has 0 aliphatic heterocycles. The number of para-hydroxylation sites is 1. The third kappa shape index (κ3) is 9.91. The van der Waals surface area contributed by atoms with E-state index in [1.807, 2.05) is 115 Å². The van der Waals surface area contributed by atoms with Crippen LogP contribution in [0.4, 0.5) is 22.7 Å². The minimum atomic E-state index is 0.343. The number of hydrogen-bond donors (Lipinski definition) is 0. The predicted molar refractivity (Wildman–Crippen MR) is 378 cm³/mol. The fraction of sp³-hybridized carbons (Fsp3) is 0. The van der Waals surface area contributed by atoms with Crippen molar-refractivity contribution in [1.29, 1.82) is 21.0 Å². The van der Waals surface area contributed by atoms with Crippen molar-refractivity contribution >= 4 is 66.4 Å². The summed E-state index contributed by atoms with van der Waals surface area (Å²) >= 11 is 0. The standard InChI is InChI=1S/C84H42N12/c1-89-62-26-31-66(76(44-62)91-3)57-24-35-81-72(41-57)73-42-58(67-32-27-63(90-2)45-77(67)92-4)25-36-82(73)96(81)83-43-59(75-46-74(53-13-7-5-8-14-53)93-84(94-75)54-15-9-6-10-16-54)21-30-69(83)68-17-11-12-18-78(68)95-79-33-22-55(64-28-19-51(47-85)37-60(64)49-87)39-70(79)71-40-56(23-34-80(71)95)65-29-20-52(48-86)38-61(65)50-88/h5-46H. The molecule has 0 unspecified atom stereocenters. The van der Waals surface area contributed by atoms with E-state index in [2.05, 4.69) is 132 Å². The van der Waals surface area contributed by atoms with Gasteiger partial charge in [-0.05, 0) is 136 Å². The third-order valence-corrected chi connectivity index (χ3v) is 17.6. The second-order valence-corrected chi connectivity index (χ2v) is 22.9. The summed E-state index contributed by atoms with van der Waals surface area (Å²) in [5.41, 5.74) is 19.2. The van der Waals surface area contributed by atoms with Crippen LogP contribution in [0.15, 0.2) is 255 Å². The van der Waals surface area contributed by atoms with Crippen LogP contribution < -0.4 is 0 Å². The molecule has 0 aliphatic rings. The van der Waals surface area contributed by atoms with Gasteiger partial charge in [-0.15, -0.1) is 0 Å². The second-order valence-electron chi connectivity index (χ2n) is 22.9. The fourth-order valence-corrected chi connectivity index (χ4v) is 13.1. The summed E-state index contributed by atoms with van der Waals surface area (Å²) in [6, 6.07) is 90.8. The van der Waals surface area contributed by atoms with Crippen LogP contribution in [0.1, 0.15) is 22.3 Å². The number of fused-ring (bicyclic) bond motifs is 6. The Labute approximate surface area is 551 Å². The Morgan fingerprint density at radius 3 is 1.15 bits per heavy atom. The van der Waals surface area contributed by atoms with Crippen LogP contribution in [0.2, 0.25) is 0 Å². The molecule has 0 bridgehead atoms. The lowest BCUT2D eigenvalue weighted by Gasteiger charge is -2.20. The van der Waals surface area contributed by atoms with Crippen LogP contribution in [0.25, 0.3) is 164 Å². The van der Waals surface area contributed by atoms with E-state index >= 15 is 0 Å². The average molecular weight is 1220 g/mol. The van der Waals surface area contributed by atoms with Crippen LogP contribution >= 0.6 is 0 Å². The molecule has 12 nitrogen and oxygen atoms in total. The first kappa shape index (κ1) is 57.7. The number of nitriles is 4. The van der Waals surface area contributed by atoms with Gasteiger partial charge in [0.2, 0.25) is 0 Å². The zero-order valence-corrected chi connectivity index (χ0v) is 50.6. The van der Waals surface area contributed by atoms with E-state index in [-0.39, 0.29) is 0 Å². The van der Waals surface area contributed by atoms with Crippen molar-refractivity contribution in [3.63, 3.8) is 0 Å². The lowest BCUT2D eigenvalue weighted by atomic mass is 9.95. The van der Waals surface area contributed by atoms with Gasteiger partial charge in [0.1, 0.15) is 0 Å². The average Bonchev–Trinajstić information content (AvgIpc) is 1.56. The van der Waals surface area contributed by atoms with Crippen molar-refractivity contribution in [3.05, 3.63) is 323 Å². The number of hydrogen-bond acceptors (Lipinski definition) is 6. The summed E-state index contributed by atoms with van der Waals surface area (Å²) in [6.07, 6.45) is 0. The Balaban J connectivity index is 1.03. The predicted octanol–water partition coefficient (Wildman–Crippen LogP) is 21.7. The van der Waals surface area contributed by atoms with E-state index in [1.165, 1.54) is 0 Å². The molecular formula is C84H42N12. The molecule has 0 atom stereocenters.